The summed E-state index contributed by atoms with van der Waals surface area (Å²) in [6, 6.07) is 9.58. The lowest BCUT2D eigenvalue weighted by molar-refractivity contribution is -0.286. The number of rotatable bonds is 3. The molecule has 0 saturated heterocycles. The first-order chi connectivity index (χ1) is 13.7. The smallest absolute Gasteiger partial charge is 0.395 e. The van der Waals surface area contributed by atoms with Gasteiger partial charge in [-0.3, -0.25) is 4.79 Å². The van der Waals surface area contributed by atoms with Crippen LogP contribution in [0.4, 0.5) is 19.0 Å². The Balaban J connectivity index is 1.56. The van der Waals surface area contributed by atoms with E-state index in [1.807, 2.05) is 0 Å². The third-order valence-corrected chi connectivity index (χ3v) is 4.56. The molecule has 1 aliphatic heterocycles. The molecule has 1 amide bonds. The van der Waals surface area contributed by atoms with Crippen LogP contribution in [-0.2, 0) is 0 Å². The zero-order chi connectivity index (χ0) is 20.8. The maximum Gasteiger partial charge on any atom is 0.586 e. The van der Waals surface area contributed by atoms with Crippen molar-refractivity contribution in [3.8, 4) is 22.6 Å². The maximum atomic E-state index is 13.4. The second-order valence-electron chi connectivity index (χ2n) is 6.29. The number of aryl methyl sites for hydroxylation is 1. The number of alkyl halides is 2. The van der Waals surface area contributed by atoms with Crippen LogP contribution in [0.2, 0.25) is 5.02 Å². The number of aromatic nitrogens is 1. The van der Waals surface area contributed by atoms with Gasteiger partial charge in [-0.2, -0.15) is 0 Å². The lowest BCUT2D eigenvalue weighted by Gasteiger charge is -2.09. The van der Waals surface area contributed by atoms with E-state index in [-0.39, 0.29) is 27.9 Å². The number of amides is 1. The van der Waals surface area contributed by atoms with Crippen molar-refractivity contribution in [3.63, 3.8) is 0 Å². The normalized spacial score (nSPS) is 14.0. The molecule has 1 aromatic heterocycles. The van der Waals surface area contributed by atoms with Gasteiger partial charge in [0.05, 0.1) is 5.02 Å². The molecule has 2 aromatic carbocycles. The van der Waals surface area contributed by atoms with Crippen LogP contribution in [0.15, 0.2) is 48.7 Å². The van der Waals surface area contributed by atoms with Crippen LogP contribution < -0.4 is 14.8 Å². The van der Waals surface area contributed by atoms with Crippen LogP contribution >= 0.6 is 11.6 Å². The molecule has 3 aromatic rings. The average Bonchev–Trinajstić information content (AvgIpc) is 2.96. The highest BCUT2D eigenvalue weighted by Crippen LogP contribution is 2.46. The number of pyridine rings is 1. The number of nitrogens with zero attached hydrogens (tertiary/aromatic N) is 1. The van der Waals surface area contributed by atoms with Gasteiger partial charge in [0.25, 0.3) is 5.91 Å². The zero-order valence-electron chi connectivity index (χ0n) is 14.8. The van der Waals surface area contributed by atoms with Gasteiger partial charge >= 0.3 is 6.29 Å². The minimum Gasteiger partial charge on any atom is -0.395 e. The lowest BCUT2D eigenvalue weighted by atomic mass is 10.1. The van der Waals surface area contributed by atoms with E-state index in [9.17, 15) is 18.0 Å². The molecule has 148 valence electrons. The molecule has 1 N–H and O–H groups in total. The fraction of sp³-hybridized carbons (Fsp3) is 0.100. The fourth-order valence-electron chi connectivity index (χ4n) is 2.84. The topological polar surface area (TPSA) is 60.5 Å². The first-order valence-electron chi connectivity index (χ1n) is 8.35. The van der Waals surface area contributed by atoms with Crippen molar-refractivity contribution in [2.75, 3.05) is 5.32 Å². The van der Waals surface area contributed by atoms with E-state index in [0.29, 0.717) is 16.7 Å². The van der Waals surface area contributed by atoms with Crippen LogP contribution in [0.1, 0.15) is 15.9 Å². The summed E-state index contributed by atoms with van der Waals surface area (Å²) in [5, 5.41) is 2.74. The van der Waals surface area contributed by atoms with E-state index in [4.69, 9.17) is 11.6 Å². The number of hydrogen-bond acceptors (Lipinski definition) is 4. The molecule has 2 heterocycles. The number of nitrogens with one attached hydrogen (secondary N) is 1. The van der Waals surface area contributed by atoms with Crippen molar-refractivity contribution in [2.45, 2.75) is 13.2 Å². The fourth-order valence-corrected chi connectivity index (χ4v) is 3.11. The van der Waals surface area contributed by atoms with Crippen LogP contribution in [0.3, 0.4) is 0 Å². The molecule has 9 heteroatoms. The molecule has 0 aliphatic carbocycles. The summed E-state index contributed by atoms with van der Waals surface area (Å²) in [5.41, 5.74) is 1.72. The molecule has 0 saturated carbocycles. The Bertz CT molecular complexity index is 1120. The Morgan fingerprint density at radius 1 is 1.10 bits per heavy atom. The summed E-state index contributed by atoms with van der Waals surface area (Å²) in [6.45, 7) is 1.69. The molecule has 5 nitrogen and oxygen atoms in total. The second kappa shape index (κ2) is 6.97. The number of anilines is 1. The molecule has 0 fully saturated rings. The Morgan fingerprint density at radius 3 is 2.52 bits per heavy atom. The van der Waals surface area contributed by atoms with E-state index >= 15 is 0 Å². The van der Waals surface area contributed by atoms with Crippen molar-refractivity contribution >= 4 is 23.3 Å². The van der Waals surface area contributed by atoms with Crippen LogP contribution in [0.25, 0.3) is 11.1 Å². The van der Waals surface area contributed by atoms with E-state index < -0.39 is 18.0 Å². The van der Waals surface area contributed by atoms with Crippen LogP contribution in [0, 0.1) is 12.7 Å². The summed E-state index contributed by atoms with van der Waals surface area (Å²) < 4.78 is 48.6. The molecule has 29 heavy (non-hydrogen) atoms. The number of benzene rings is 2. The molecule has 0 atom stereocenters. The number of fused-ring (bicyclic) bond motifs is 1. The third-order valence-electron chi connectivity index (χ3n) is 4.25. The zero-order valence-corrected chi connectivity index (χ0v) is 15.6. The van der Waals surface area contributed by atoms with Gasteiger partial charge in [0.1, 0.15) is 11.6 Å². The van der Waals surface area contributed by atoms with Gasteiger partial charge in [0.2, 0.25) is 0 Å². The van der Waals surface area contributed by atoms with Gasteiger partial charge in [0.15, 0.2) is 11.5 Å². The van der Waals surface area contributed by atoms with Gasteiger partial charge in [-0.25, -0.2) is 9.37 Å². The minimum atomic E-state index is -3.74. The monoisotopic (exact) mass is 420 g/mol. The number of carbonyl (C=O) groups is 1. The Morgan fingerprint density at radius 2 is 1.83 bits per heavy atom. The van der Waals surface area contributed by atoms with Crippen molar-refractivity contribution in [1.82, 2.24) is 4.98 Å². The third kappa shape index (κ3) is 3.84. The van der Waals surface area contributed by atoms with Gasteiger partial charge in [-0.1, -0.05) is 17.7 Å². The maximum absolute atomic E-state index is 13.4. The summed E-state index contributed by atoms with van der Waals surface area (Å²) >= 11 is 6.16. The lowest BCUT2D eigenvalue weighted by Crippen LogP contribution is -2.25. The SMILES string of the molecule is Cc1ccc(F)cc1C(=O)Nc1ccc(-c2cc3c(cc2Cl)OC(F)(F)O3)cn1. The summed E-state index contributed by atoms with van der Waals surface area (Å²) in [5.74, 6) is -1.11. The van der Waals surface area contributed by atoms with Gasteiger partial charge in [-0.05, 0) is 42.8 Å². The second-order valence-corrected chi connectivity index (χ2v) is 6.70. The first-order valence-corrected chi connectivity index (χ1v) is 8.73. The minimum absolute atomic E-state index is 0.145. The molecule has 0 radical (unpaired) electrons. The van der Waals surface area contributed by atoms with Crippen molar-refractivity contribution < 1.29 is 27.4 Å². The molecule has 0 spiro atoms. The van der Waals surface area contributed by atoms with Gasteiger partial charge in [0, 0.05) is 29.0 Å². The summed E-state index contributed by atoms with van der Waals surface area (Å²) in [6.07, 6.45) is -2.33. The van der Waals surface area contributed by atoms with Gasteiger partial charge < -0.3 is 14.8 Å². The number of ether oxygens (including phenoxy) is 2. The van der Waals surface area contributed by atoms with E-state index in [1.165, 1.54) is 36.5 Å². The molecule has 0 unspecified atom stereocenters. The van der Waals surface area contributed by atoms with Gasteiger partial charge in [-0.15, -0.1) is 8.78 Å². The number of hydrogen-bond donors (Lipinski definition) is 1. The van der Waals surface area contributed by atoms with E-state index in [1.54, 1.807) is 13.0 Å². The first kappa shape index (κ1) is 19.1. The van der Waals surface area contributed by atoms with Crippen molar-refractivity contribution in [3.05, 3.63) is 70.6 Å². The molecule has 0 bridgehead atoms. The molecule has 1 aliphatic rings. The standard InChI is InChI=1S/C20H12ClF3N2O3/c1-10-2-4-12(22)6-13(10)19(27)26-18-5-3-11(9-25-18)14-7-16-17(8-15(14)21)29-20(23,24)28-16/h2-9H,1H3,(H,25,26,27). The van der Waals surface area contributed by atoms with Crippen LogP contribution in [0.5, 0.6) is 11.5 Å². The Kier molecular flexibility index (Phi) is 4.58. The van der Waals surface area contributed by atoms with E-state index in [0.717, 1.165) is 6.07 Å². The Labute approximate surface area is 168 Å². The number of halogens is 4. The molecular formula is C20H12ClF3N2O3. The van der Waals surface area contributed by atoms with Crippen LogP contribution in [-0.4, -0.2) is 17.2 Å². The summed E-state index contributed by atoms with van der Waals surface area (Å²) in [7, 11) is 0. The highest BCUT2D eigenvalue weighted by molar-refractivity contribution is 6.33. The molecular weight excluding hydrogens is 409 g/mol. The van der Waals surface area contributed by atoms with E-state index in [2.05, 4.69) is 19.8 Å². The molecule has 4 rings (SSSR count). The predicted molar refractivity (Wildman–Crippen MR) is 100.0 cm³/mol. The van der Waals surface area contributed by atoms with Crippen molar-refractivity contribution in [2.24, 2.45) is 0 Å². The predicted octanol–water partition coefficient (Wildman–Crippen LogP) is 5.42. The highest BCUT2D eigenvalue weighted by Gasteiger charge is 2.43. The number of carbonyl (C=O) groups excluding carboxylic acids is 1. The quantitative estimate of drug-likeness (QED) is 0.614. The highest BCUT2D eigenvalue weighted by atomic mass is 35.5. The largest absolute Gasteiger partial charge is 0.586 e. The van der Waals surface area contributed by atoms with Crippen molar-refractivity contribution in [1.29, 1.82) is 0 Å². The Hall–Kier alpha value is -3.26. The average molecular weight is 421 g/mol. The summed E-state index contributed by atoms with van der Waals surface area (Å²) in [4.78, 5) is 16.5.